The topological polar surface area (TPSA) is 0 Å². The number of unbranched alkanes of at least 4 members (excludes halogenated alkanes) is 15. The molecule has 0 rings (SSSR count). The first kappa shape index (κ1) is 28.5. The van der Waals surface area contributed by atoms with Gasteiger partial charge in [-0.2, -0.15) is 11.1 Å². The molecule has 2 heteroatoms. The van der Waals surface area contributed by atoms with Gasteiger partial charge in [-0.3, -0.25) is 0 Å². The SMILES string of the molecule is CCCCCCCCCCCCCCCCCC[Si](Cl)(CC(C)C)CC(C)C. The minimum Gasteiger partial charge on any atom is -0.167 e. The minimum absolute atomic E-state index is 0.768. The van der Waals surface area contributed by atoms with Crippen LogP contribution >= 0.6 is 11.1 Å². The summed E-state index contributed by atoms with van der Waals surface area (Å²) >= 11 is 7.13. The summed E-state index contributed by atoms with van der Waals surface area (Å²) < 4.78 is 0. The van der Waals surface area contributed by atoms with Crippen molar-refractivity contribution in [2.75, 3.05) is 0 Å². The van der Waals surface area contributed by atoms with E-state index in [0.29, 0.717) is 0 Å². The number of hydrogen-bond acceptors (Lipinski definition) is 0. The van der Waals surface area contributed by atoms with Crippen molar-refractivity contribution in [1.82, 2.24) is 0 Å². The standard InChI is InChI=1S/C26H55ClSi/c1-6-7-8-9-10-11-12-13-14-15-16-17-18-19-20-21-22-28(27,23-25(2)3)24-26(4)5/h25-26H,6-24H2,1-5H3. The zero-order valence-electron chi connectivity index (χ0n) is 20.5. The van der Waals surface area contributed by atoms with Gasteiger partial charge >= 0.3 is 0 Å². The van der Waals surface area contributed by atoms with Gasteiger partial charge in [-0.05, 0) is 30.0 Å². The third-order valence-electron chi connectivity index (χ3n) is 6.03. The molecule has 0 heterocycles. The van der Waals surface area contributed by atoms with Crippen LogP contribution < -0.4 is 0 Å². The molecule has 0 nitrogen and oxygen atoms in total. The zero-order valence-corrected chi connectivity index (χ0v) is 22.2. The Morgan fingerprint density at radius 1 is 0.500 bits per heavy atom. The Labute approximate surface area is 185 Å². The summed E-state index contributed by atoms with van der Waals surface area (Å²) in [7, 11) is -1.51. The van der Waals surface area contributed by atoms with E-state index >= 15 is 0 Å². The molecular weight excluding hydrogens is 376 g/mol. The molecule has 0 saturated carbocycles. The molecule has 0 aliphatic heterocycles. The highest BCUT2D eigenvalue weighted by molar-refractivity contribution is 7.20. The van der Waals surface area contributed by atoms with Crippen LogP contribution in [0.4, 0.5) is 0 Å². The molecule has 28 heavy (non-hydrogen) atoms. The zero-order chi connectivity index (χ0) is 21.1. The van der Waals surface area contributed by atoms with E-state index in [4.69, 9.17) is 11.1 Å². The molecule has 0 aromatic rings. The number of halogens is 1. The lowest BCUT2D eigenvalue weighted by Gasteiger charge is -2.28. The Morgan fingerprint density at radius 2 is 0.786 bits per heavy atom. The molecule has 0 amide bonds. The fourth-order valence-electron chi connectivity index (χ4n) is 4.74. The number of rotatable bonds is 21. The second kappa shape index (κ2) is 19.5. The van der Waals surface area contributed by atoms with Crippen LogP contribution in [0, 0.1) is 11.8 Å². The Hall–Kier alpha value is 0.507. The quantitative estimate of drug-likeness (QED) is 0.0963. The van der Waals surface area contributed by atoms with Crippen molar-refractivity contribution in [2.24, 2.45) is 11.8 Å². The van der Waals surface area contributed by atoms with Crippen LogP contribution in [0.5, 0.6) is 0 Å². The molecule has 0 aliphatic rings. The highest BCUT2D eigenvalue weighted by Gasteiger charge is 2.31. The van der Waals surface area contributed by atoms with E-state index in [-0.39, 0.29) is 0 Å². The summed E-state index contributed by atoms with van der Waals surface area (Å²) in [4.78, 5) is 0. The van der Waals surface area contributed by atoms with Crippen LogP contribution in [-0.2, 0) is 0 Å². The summed E-state index contributed by atoms with van der Waals surface area (Å²) in [6, 6.07) is 3.97. The fraction of sp³-hybridized carbons (Fsp3) is 1.00. The molecule has 0 radical (unpaired) electrons. The first-order valence-electron chi connectivity index (χ1n) is 13.1. The van der Waals surface area contributed by atoms with Gasteiger partial charge in [-0.1, -0.05) is 137 Å². The third-order valence-corrected chi connectivity index (χ3v) is 11.9. The number of hydrogen-bond donors (Lipinski definition) is 0. The van der Waals surface area contributed by atoms with Crippen molar-refractivity contribution in [3.05, 3.63) is 0 Å². The van der Waals surface area contributed by atoms with Crippen LogP contribution in [0.3, 0.4) is 0 Å². The fourth-order valence-corrected chi connectivity index (χ4v) is 11.4. The van der Waals surface area contributed by atoms with E-state index in [0.717, 1.165) is 11.8 Å². The Morgan fingerprint density at radius 3 is 1.07 bits per heavy atom. The maximum absolute atomic E-state index is 7.13. The van der Waals surface area contributed by atoms with Gasteiger partial charge < -0.3 is 0 Å². The molecule has 0 saturated heterocycles. The van der Waals surface area contributed by atoms with Gasteiger partial charge in [-0.25, -0.2) is 0 Å². The van der Waals surface area contributed by atoms with E-state index in [1.165, 1.54) is 121 Å². The summed E-state index contributed by atoms with van der Waals surface area (Å²) in [6.45, 7) is 11.7. The largest absolute Gasteiger partial charge is 0.167 e. The normalized spacial score (nSPS) is 12.4. The van der Waals surface area contributed by atoms with E-state index in [1.807, 2.05) is 0 Å². The molecular formula is C26H55ClSi. The van der Waals surface area contributed by atoms with Crippen molar-refractivity contribution in [3.8, 4) is 0 Å². The molecule has 0 aromatic heterocycles. The van der Waals surface area contributed by atoms with Crippen molar-refractivity contribution in [3.63, 3.8) is 0 Å². The predicted molar refractivity (Wildman–Crippen MR) is 135 cm³/mol. The van der Waals surface area contributed by atoms with E-state index < -0.39 is 7.38 Å². The summed E-state index contributed by atoms with van der Waals surface area (Å²) in [6.07, 6.45) is 23.2. The predicted octanol–water partition coefficient (Wildman–Crippen LogP) is 10.7. The van der Waals surface area contributed by atoms with Gasteiger partial charge in [0.2, 0.25) is 0 Å². The van der Waals surface area contributed by atoms with Gasteiger partial charge in [0, 0.05) is 0 Å². The molecule has 0 unspecified atom stereocenters. The van der Waals surface area contributed by atoms with Crippen LogP contribution in [0.25, 0.3) is 0 Å². The van der Waals surface area contributed by atoms with Gasteiger partial charge in [0.05, 0.1) is 0 Å². The van der Waals surface area contributed by atoms with E-state index in [9.17, 15) is 0 Å². The van der Waals surface area contributed by atoms with Crippen LogP contribution in [0.2, 0.25) is 18.1 Å². The average Bonchev–Trinajstić information content (AvgIpc) is 2.60. The second-order valence-electron chi connectivity index (χ2n) is 10.4. The molecule has 0 fully saturated rings. The monoisotopic (exact) mass is 430 g/mol. The van der Waals surface area contributed by atoms with Crippen LogP contribution in [-0.4, -0.2) is 7.38 Å². The molecule has 0 atom stereocenters. The first-order chi connectivity index (χ1) is 13.4. The lowest BCUT2D eigenvalue weighted by atomic mass is 10.0. The smallest absolute Gasteiger partial charge is 0.157 e. The highest BCUT2D eigenvalue weighted by Crippen LogP contribution is 2.34. The van der Waals surface area contributed by atoms with Crippen LogP contribution in [0.15, 0.2) is 0 Å². The maximum atomic E-state index is 7.13. The van der Waals surface area contributed by atoms with Gasteiger partial charge in [0.15, 0.2) is 7.38 Å². The van der Waals surface area contributed by atoms with Crippen LogP contribution in [0.1, 0.15) is 137 Å². The Kier molecular flexibility index (Phi) is 19.8. The summed E-state index contributed by atoms with van der Waals surface area (Å²) in [5, 5.41) is 0. The molecule has 0 N–H and O–H groups in total. The van der Waals surface area contributed by atoms with Gasteiger partial charge in [0.1, 0.15) is 0 Å². The van der Waals surface area contributed by atoms with Crippen molar-refractivity contribution in [1.29, 1.82) is 0 Å². The lowest BCUT2D eigenvalue weighted by Crippen LogP contribution is -2.30. The molecule has 0 aliphatic carbocycles. The second-order valence-corrected chi connectivity index (χ2v) is 16.4. The molecule has 0 spiro atoms. The van der Waals surface area contributed by atoms with E-state index in [1.54, 1.807) is 0 Å². The summed E-state index contributed by atoms with van der Waals surface area (Å²) in [5.41, 5.74) is 0. The van der Waals surface area contributed by atoms with Crippen molar-refractivity contribution in [2.45, 2.75) is 155 Å². The van der Waals surface area contributed by atoms with Gasteiger partial charge in [-0.15, -0.1) is 0 Å². The van der Waals surface area contributed by atoms with Crippen molar-refractivity contribution >= 4 is 18.5 Å². The molecule has 0 aromatic carbocycles. The van der Waals surface area contributed by atoms with E-state index in [2.05, 4.69) is 34.6 Å². The van der Waals surface area contributed by atoms with Gasteiger partial charge in [0.25, 0.3) is 0 Å². The molecule has 0 bridgehead atoms. The third kappa shape index (κ3) is 19.8. The minimum atomic E-state index is -1.51. The van der Waals surface area contributed by atoms with Crippen molar-refractivity contribution < 1.29 is 0 Å². The maximum Gasteiger partial charge on any atom is 0.157 e. The lowest BCUT2D eigenvalue weighted by molar-refractivity contribution is 0.531. The Balaban J connectivity index is 3.44. The average molecular weight is 431 g/mol. The Bertz CT molecular complexity index is 304. The summed E-state index contributed by atoms with van der Waals surface area (Å²) in [5.74, 6) is 1.54. The molecule has 170 valence electrons. The first-order valence-corrected chi connectivity index (χ1v) is 16.7. The highest BCUT2D eigenvalue weighted by atomic mass is 35.6.